The van der Waals surface area contributed by atoms with E-state index in [1.807, 2.05) is 79.9 Å². The Bertz CT molecular complexity index is 1950. The highest BCUT2D eigenvalue weighted by molar-refractivity contribution is 5.94. The zero-order valence-corrected chi connectivity index (χ0v) is 31.4. The zero-order chi connectivity index (χ0) is 37.4. The van der Waals surface area contributed by atoms with Crippen LogP contribution in [0.25, 0.3) is 11.3 Å². The molecule has 0 bridgehead atoms. The first-order valence-electron chi connectivity index (χ1n) is 18.3. The molecule has 280 valence electrons. The third-order valence-corrected chi connectivity index (χ3v) is 9.65. The maximum atomic E-state index is 12.8. The quantitative estimate of drug-likeness (QED) is 0.166. The fourth-order valence-electron chi connectivity index (χ4n) is 6.63. The van der Waals surface area contributed by atoms with E-state index in [1.165, 1.54) is 0 Å². The summed E-state index contributed by atoms with van der Waals surface area (Å²) in [5.41, 5.74) is 6.51. The van der Waals surface area contributed by atoms with Crippen molar-refractivity contribution in [3.8, 4) is 22.8 Å². The van der Waals surface area contributed by atoms with Crippen molar-refractivity contribution in [3.05, 3.63) is 107 Å². The summed E-state index contributed by atoms with van der Waals surface area (Å²) in [6.45, 7) is 5.95. The van der Waals surface area contributed by atoms with E-state index in [0.29, 0.717) is 63.4 Å². The predicted molar refractivity (Wildman–Crippen MR) is 210 cm³/mol. The minimum absolute atomic E-state index is 0.0838. The van der Waals surface area contributed by atoms with Gasteiger partial charge in [-0.15, -0.1) is 0 Å². The van der Waals surface area contributed by atoms with Crippen LogP contribution in [0.4, 0.5) is 23.4 Å². The summed E-state index contributed by atoms with van der Waals surface area (Å²) < 4.78 is 16.4. The molecule has 0 unspecified atom stereocenters. The molecule has 3 aromatic carbocycles. The molecule has 1 fully saturated rings. The molecule has 1 N–H and O–H groups in total. The Labute approximate surface area is 316 Å². The molecule has 1 amide bonds. The van der Waals surface area contributed by atoms with Gasteiger partial charge in [0.2, 0.25) is 11.9 Å². The minimum Gasteiger partial charge on any atom is -0.497 e. The van der Waals surface area contributed by atoms with Crippen LogP contribution in [0.1, 0.15) is 27.0 Å². The number of aromatic nitrogens is 4. The molecule has 13 heteroatoms. The van der Waals surface area contributed by atoms with Crippen LogP contribution in [0.15, 0.2) is 85.2 Å². The van der Waals surface area contributed by atoms with Crippen molar-refractivity contribution in [2.45, 2.75) is 19.5 Å². The van der Waals surface area contributed by atoms with E-state index in [-0.39, 0.29) is 5.91 Å². The summed E-state index contributed by atoms with van der Waals surface area (Å²) in [4.78, 5) is 41.5. The average Bonchev–Trinajstić information content (AvgIpc) is 3.65. The smallest absolute Gasteiger partial charge is 0.251 e. The van der Waals surface area contributed by atoms with E-state index in [2.05, 4.69) is 44.3 Å². The Morgan fingerprint density at radius 1 is 0.815 bits per heavy atom. The number of fused-ring (bicyclic) bond motifs is 1. The fraction of sp³-hybridized carbons (Fsp3) is 0.341. The summed E-state index contributed by atoms with van der Waals surface area (Å²) in [6, 6.07) is 23.8. The number of carbonyl (C=O) groups excluding carboxylic acids is 1. The molecular formula is C41H47N9O4. The second-order valence-electron chi connectivity index (χ2n) is 13.6. The number of anilines is 4. The molecule has 0 saturated carbocycles. The van der Waals surface area contributed by atoms with Crippen LogP contribution in [0, 0.1) is 0 Å². The SMILES string of the molecule is COc1ccc(CN(Cc2ccc(OC)cc2)c2ncc(-c3nc(N4CCOCC4)nc4c3CCN4c3ccc(C(=O)NCCN(C)C)cc3)cn2)cc1. The van der Waals surface area contributed by atoms with E-state index in [9.17, 15) is 4.79 Å². The summed E-state index contributed by atoms with van der Waals surface area (Å²) in [5.74, 6) is 3.65. The van der Waals surface area contributed by atoms with Crippen LogP contribution in [0.3, 0.4) is 0 Å². The maximum Gasteiger partial charge on any atom is 0.251 e. The lowest BCUT2D eigenvalue weighted by molar-refractivity contribution is 0.0951. The van der Waals surface area contributed by atoms with Gasteiger partial charge in [0.25, 0.3) is 5.91 Å². The zero-order valence-electron chi connectivity index (χ0n) is 31.4. The molecule has 0 radical (unpaired) electrons. The molecule has 2 aliphatic heterocycles. The number of ether oxygens (including phenoxy) is 3. The van der Waals surface area contributed by atoms with Gasteiger partial charge in [0, 0.05) is 80.6 Å². The molecule has 0 spiro atoms. The number of hydrogen-bond donors (Lipinski definition) is 1. The Morgan fingerprint density at radius 2 is 1.43 bits per heavy atom. The molecule has 13 nitrogen and oxygen atoms in total. The lowest BCUT2D eigenvalue weighted by Crippen LogP contribution is -2.37. The summed E-state index contributed by atoms with van der Waals surface area (Å²) >= 11 is 0. The van der Waals surface area contributed by atoms with Gasteiger partial charge in [-0.25, -0.2) is 15.0 Å². The van der Waals surface area contributed by atoms with Crippen molar-refractivity contribution in [3.63, 3.8) is 0 Å². The van der Waals surface area contributed by atoms with Crippen LogP contribution < -0.4 is 29.5 Å². The molecule has 0 aliphatic carbocycles. The molecular weight excluding hydrogens is 683 g/mol. The van der Waals surface area contributed by atoms with Crippen molar-refractivity contribution in [1.29, 1.82) is 0 Å². The topological polar surface area (TPSA) is 121 Å². The number of methoxy groups -OCH3 is 2. The average molecular weight is 730 g/mol. The van der Waals surface area contributed by atoms with Gasteiger partial charge in [0.15, 0.2) is 0 Å². The van der Waals surface area contributed by atoms with Gasteiger partial charge < -0.3 is 39.1 Å². The predicted octanol–water partition coefficient (Wildman–Crippen LogP) is 4.98. The van der Waals surface area contributed by atoms with Gasteiger partial charge in [-0.3, -0.25) is 4.79 Å². The summed E-state index contributed by atoms with van der Waals surface area (Å²) in [5, 5.41) is 2.99. The molecule has 0 atom stereocenters. The normalized spacial score (nSPS) is 13.9. The van der Waals surface area contributed by atoms with Crippen LogP contribution in [-0.2, 0) is 24.2 Å². The Hall–Kier alpha value is -5.79. The third kappa shape index (κ3) is 8.53. The first kappa shape index (κ1) is 36.6. The monoisotopic (exact) mass is 729 g/mol. The molecule has 2 aromatic heterocycles. The number of morpholine rings is 1. The van der Waals surface area contributed by atoms with Crippen LogP contribution >= 0.6 is 0 Å². The molecule has 54 heavy (non-hydrogen) atoms. The fourth-order valence-corrected chi connectivity index (χ4v) is 6.63. The van der Waals surface area contributed by atoms with Crippen LogP contribution in [-0.4, -0.2) is 105 Å². The Morgan fingerprint density at radius 3 is 2.00 bits per heavy atom. The van der Waals surface area contributed by atoms with E-state index in [1.54, 1.807) is 14.2 Å². The van der Waals surface area contributed by atoms with Gasteiger partial charge in [-0.05, 0) is 80.2 Å². The van der Waals surface area contributed by atoms with Crippen molar-refractivity contribution in [2.24, 2.45) is 0 Å². The molecule has 2 aliphatic rings. The van der Waals surface area contributed by atoms with Crippen molar-refractivity contribution >= 4 is 29.3 Å². The number of hydrogen-bond acceptors (Lipinski definition) is 12. The van der Waals surface area contributed by atoms with Crippen molar-refractivity contribution in [1.82, 2.24) is 30.2 Å². The number of likely N-dealkylation sites (N-methyl/N-ethyl adjacent to an activating group) is 1. The molecule has 7 rings (SSSR count). The highest BCUT2D eigenvalue weighted by Crippen LogP contribution is 2.39. The third-order valence-electron chi connectivity index (χ3n) is 9.65. The summed E-state index contributed by atoms with van der Waals surface area (Å²) in [6.07, 6.45) is 4.49. The maximum absolute atomic E-state index is 12.8. The van der Waals surface area contributed by atoms with E-state index in [4.69, 9.17) is 34.1 Å². The molecule has 1 saturated heterocycles. The highest BCUT2D eigenvalue weighted by atomic mass is 16.5. The van der Waals surface area contributed by atoms with E-state index >= 15 is 0 Å². The van der Waals surface area contributed by atoms with Gasteiger partial charge in [0.1, 0.15) is 17.3 Å². The summed E-state index contributed by atoms with van der Waals surface area (Å²) in [7, 11) is 7.31. The number of rotatable bonds is 14. The molecule has 5 aromatic rings. The molecule has 4 heterocycles. The minimum atomic E-state index is -0.0838. The van der Waals surface area contributed by atoms with Crippen LogP contribution in [0.2, 0.25) is 0 Å². The van der Waals surface area contributed by atoms with Gasteiger partial charge >= 0.3 is 0 Å². The number of amides is 1. The number of carbonyl (C=O) groups is 1. The number of benzene rings is 3. The van der Waals surface area contributed by atoms with Crippen LogP contribution in [0.5, 0.6) is 11.5 Å². The lowest BCUT2D eigenvalue weighted by Gasteiger charge is -2.28. The first-order chi connectivity index (χ1) is 26.4. The first-order valence-corrected chi connectivity index (χ1v) is 18.3. The van der Waals surface area contributed by atoms with Gasteiger partial charge in [-0.1, -0.05) is 24.3 Å². The van der Waals surface area contributed by atoms with Gasteiger partial charge in [0.05, 0.1) is 33.1 Å². The lowest BCUT2D eigenvalue weighted by atomic mass is 10.1. The number of nitrogens with zero attached hydrogens (tertiary/aromatic N) is 8. The van der Waals surface area contributed by atoms with E-state index < -0.39 is 0 Å². The van der Waals surface area contributed by atoms with Crippen molar-refractivity contribution in [2.75, 3.05) is 89.0 Å². The Kier molecular flexibility index (Phi) is 11.5. The van der Waals surface area contributed by atoms with Crippen molar-refractivity contribution < 1.29 is 19.0 Å². The second kappa shape index (κ2) is 16.9. The standard InChI is InChI=1S/C41H47N9O4/c1-47(2)20-18-42-39(51)31-9-11-33(12-10-31)50-19-17-36-37(45-41(46-38(36)50)48-21-23-54-24-22-48)32-25-43-40(44-26-32)49(27-29-5-13-34(52-3)14-6-29)28-30-7-15-35(53-4)16-8-30/h5-16,25-26H,17-24,27-28H2,1-4H3,(H,42,51). The largest absolute Gasteiger partial charge is 0.497 e. The second-order valence-corrected chi connectivity index (χ2v) is 13.6. The number of nitrogens with one attached hydrogen (secondary N) is 1. The highest BCUT2D eigenvalue weighted by Gasteiger charge is 2.30. The van der Waals surface area contributed by atoms with Gasteiger partial charge in [-0.2, -0.15) is 4.98 Å². The Balaban J connectivity index is 1.18. The van der Waals surface area contributed by atoms with E-state index in [0.717, 1.165) is 70.5 Å².